The molecule has 1 heterocycles. The number of halogens is 1. The molecule has 0 aliphatic rings. The Kier molecular flexibility index (Phi) is 2.36. The van der Waals surface area contributed by atoms with E-state index >= 15 is 0 Å². The van der Waals surface area contributed by atoms with Gasteiger partial charge < -0.3 is 9.52 Å². The van der Waals surface area contributed by atoms with Gasteiger partial charge in [-0.1, -0.05) is 28.1 Å². The maximum atomic E-state index is 9.65. The second kappa shape index (κ2) is 4.00. The topological polar surface area (TPSA) is 33.4 Å². The average Bonchev–Trinajstić information content (AvgIpc) is 2.76. The van der Waals surface area contributed by atoms with Crippen LogP contribution in [0.4, 0.5) is 0 Å². The molecule has 0 aliphatic carbocycles. The number of fused-ring (bicyclic) bond motifs is 5. The molecule has 0 unspecified atom stereocenters. The number of phenolic OH excluding ortho intramolecular Hbond substituents is 1. The van der Waals surface area contributed by atoms with Crippen LogP contribution in [0.2, 0.25) is 0 Å². The molecule has 0 aliphatic heterocycles. The largest absolute Gasteiger partial charge is 0.508 e. The van der Waals surface area contributed by atoms with Crippen molar-refractivity contribution in [3.8, 4) is 5.75 Å². The van der Waals surface area contributed by atoms with E-state index in [4.69, 9.17) is 4.42 Å². The summed E-state index contributed by atoms with van der Waals surface area (Å²) < 4.78 is 7.00. The first-order chi connectivity index (χ1) is 9.63. The van der Waals surface area contributed by atoms with Gasteiger partial charge in [0.25, 0.3) is 0 Å². The van der Waals surface area contributed by atoms with Crippen LogP contribution in [0, 0.1) is 6.92 Å². The van der Waals surface area contributed by atoms with Crippen molar-refractivity contribution in [2.24, 2.45) is 0 Å². The fourth-order valence-corrected chi connectivity index (χ4v) is 3.26. The quantitative estimate of drug-likeness (QED) is 0.461. The van der Waals surface area contributed by atoms with Gasteiger partial charge in [0.15, 0.2) is 0 Å². The Morgan fingerprint density at radius 1 is 0.900 bits per heavy atom. The maximum absolute atomic E-state index is 9.65. The number of benzene rings is 3. The second-order valence-corrected chi connectivity index (χ2v) is 5.92. The monoisotopic (exact) mass is 326 g/mol. The SMILES string of the molecule is Cc1ccc2c(c1)oc1c3ccc(O)cc3c(Br)cc21. The number of phenols is 1. The van der Waals surface area contributed by atoms with E-state index in [-0.39, 0.29) is 5.75 Å². The molecule has 0 bridgehead atoms. The van der Waals surface area contributed by atoms with Gasteiger partial charge in [-0.15, -0.1) is 0 Å². The van der Waals surface area contributed by atoms with Crippen LogP contribution in [0.5, 0.6) is 5.75 Å². The van der Waals surface area contributed by atoms with Gasteiger partial charge in [-0.3, -0.25) is 0 Å². The Labute approximate surface area is 123 Å². The summed E-state index contributed by atoms with van der Waals surface area (Å²) in [6.07, 6.45) is 0. The van der Waals surface area contributed by atoms with Gasteiger partial charge in [0.2, 0.25) is 0 Å². The Hall–Kier alpha value is -2.00. The predicted molar refractivity (Wildman–Crippen MR) is 85.3 cm³/mol. The van der Waals surface area contributed by atoms with Crippen LogP contribution in [0.1, 0.15) is 5.56 Å². The van der Waals surface area contributed by atoms with E-state index in [9.17, 15) is 5.11 Å². The summed E-state index contributed by atoms with van der Waals surface area (Å²) in [5.41, 5.74) is 2.94. The first kappa shape index (κ1) is 11.8. The lowest BCUT2D eigenvalue weighted by atomic mass is 10.1. The number of furan rings is 1. The Morgan fingerprint density at radius 3 is 2.55 bits per heavy atom. The summed E-state index contributed by atoms with van der Waals surface area (Å²) in [5, 5.41) is 13.8. The molecule has 0 atom stereocenters. The van der Waals surface area contributed by atoms with E-state index < -0.39 is 0 Å². The molecule has 98 valence electrons. The molecule has 2 nitrogen and oxygen atoms in total. The molecule has 0 radical (unpaired) electrons. The fraction of sp³-hybridized carbons (Fsp3) is 0.0588. The molecule has 3 aromatic carbocycles. The molecule has 0 saturated heterocycles. The predicted octanol–water partition coefficient (Wildman–Crippen LogP) is 5.52. The molecule has 0 spiro atoms. The minimum absolute atomic E-state index is 0.254. The van der Waals surface area contributed by atoms with Crippen molar-refractivity contribution >= 4 is 48.6 Å². The minimum Gasteiger partial charge on any atom is -0.508 e. The molecule has 1 N–H and O–H groups in total. The van der Waals surface area contributed by atoms with Gasteiger partial charge in [0.05, 0.1) is 0 Å². The standard InChI is InChI=1S/C17H11BrO2/c1-9-2-4-11-14-8-15(18)13-7-10(19)3-5-12(13)17(14)20-16(11)6-9/h2-8,19H,1H3. The van der Waals surface area contributed by atoms with Crippen molar-refractivity contribution in [3.63, 3.8) is 0 Å². The summed E-state index contributed by atoms with van der Waals surface area (Å²) in [7, 11) is 0. The van der Waals surface area contributed by atoms with Crippen molar-refractivity contribution in [2.45, 2.75) is 6.92 Å². The van der Waals surface area contributed by atoms with Gasteiger partial charge >= 0.3 is 0 Å². The lowest BCUT2D eigenvalue weighted by molar-refractivity contribution is 0.476. The third-order valence-corrected chi connectivity index (χ3v) is 4.32. The lowest BCUT2D eigenvalue weighted by Crippen LogP contribution is -1.77. The van der Waals surface area contributed by atoms with E-state index in [0.29, 0.717) is 0 Å². The Balaban J connectivity index is 2.28. The number of hydrogen-bond acceptors (Lipinski definition) is 2. The summed E-state index contributed by atoms with van der Waals surface area (Å²) in [6, 6.07) is 13.6. The minimum atomic E-state index is 0.254. The van der Waals surface area contributed by atoms with Crippen molar-refractivity contribution in [2.75, 3.05) is 0 Å². The molecular weight excluding hydrogens is 316 g/mol. The number of rotatable bonds is 0. The molecule has 4 aromatic rings. The van der Waals surface area contributed by atoms with Crippen LogP contribution in [-0.2, 0) is 0 Å². The van der Waals surface area contributed by atoms with Crippen LogP contribution < -0.4 is 0 Å². The van der Waals surface area contributed by atoms with Gasteiger partial charge in [-0.05, 0) is 42.8 Å². The van der Waals surface area contributed by atoms with Gasteiger partial charge in [-0.25, -0.2) is 0 Å². The van der Waals surface area contributed by atoms with Crippen molar-refractivity contribution in [1.82, 2.24) is 0 Å². The number of aromatic hydroxyl groups is 1. The molecule has 0 saturated carbocycles. The zero-order valence-electron chi connectivity index (χ0n) is 10.8. The normalized spacial score (nSPS) is 11.7. The smallest absolute Gasteiger partial charge is 0.143 e. The molecule has 20 heavy (non-hydrogen) atoms. The van der Waals surface area contributed by atoms with Crippen molar-refractivity contribution in [3.05, 3.63) is 52.5 Å². The molecule has 0 fully saturated rings. The second-order valence-electron chi connectivity index (χ2n) is 5.07. The van der Waals surface area contributed by atoms with Gasteiger partial charge in [0, 0.05) is 26.0 Å². The molecule has 1 aromatic heterocycles. The highest BCUT2D eigenvalue weighted by Gasteiger charge is 2.13. The van der Waals surface area contributed by atoms with Crippen LogP contribution in [0.25, 0.3) is 32.7 Å². The van der Waals surface area contributed by atoms with Crippen LogP contribution in [0.3, 0.4) is 0 Å². The molecule has 3 heteroatoms. The molecule has 4 rings (SSSR count). The van der Waals surface area contributed by atoms with E-state index in [1.165, 1.54) is 5.56 Å². The van der Waals surface area contributed by atoms with Gasteiger partial charge in [-0.2, -0.15) is 0 Å². The van der Waals surface area contributed by atoms with Crippen molar-refractivity contribution < 1.29 is 9.52 Å². The Bertz CT molecular complexity index is 983. The van der Waals surface area contributed by atoms with Crippen LogP contribution in [0.15, 0.2) is 51.4 Å². The highest BCUT2D eigenvalue weighted by molar-refractivity contribution is 9.10. The van der Waals surface area contributed by atoms with Crippen LogP contribution >= 0.6 is 15.9 Å². The van der Waals surface area contributed by atoms with E-state index in [1.54, 1.807) is 12.1 Å². The zero-order valence-corrected chi connectivity index (χ0v) is 12.4. The summed E-state index contributed by atoms with van der Waals surface area (Å²) in [6.45, 7) is 2.05. The molecule has 0 amide bonds. The number of hydrogen-bond donors (Lipinski definition) is 1. The fourth-order valence-electron chi connectivity index (χ4n) is 2.70. The molecular formula is C17H11BrO2. The van der Waals surface area contributed by atoms with Gasteiger partial charge in [0.1, 0.15) is 16.9 Å². The summed E-state index contributed by atoms with van der Waals surface area (Å²) >= 11 is 3.58. The Morgan fingerprint density at radius 2 is 1.70 bits per heavy atom. The van der Waals surface area contributed by atoms with E-state index in [2.05, 4.69) is 47.1 Å². The third kappa shape index (κ3) is 1.56. The maximum Gasteiger partial charge on any atom is 0.143 e. The zero-order chi connectivity index (χ0) is 13.9. The van der Waals surface area contributed by atoms with E-state index in [0.717, 1.165) is 37.2 Å². The highest BCUT2D eigenvalue weighted by Crippen LogP contribution is 2.39. The first-order valence-corrected chi connectivity index (χ1v) is 7.17. The van der Waals surface area contributed by atoms with Crippen LogP contribution in [-0.4, -0.2) is 5.11 Å². The van der Waals surface area contributed by atoms with E-state index in [1.807, 2.05) is 6.07 Å². The highest BCUT2D eigenvalue weighted by atomic mass is 79.9. The third-order valence-electron chi connectivity index (χ3n) is 3.66. The number of aryl methyl sites for hydroxylation is 1. The lowest BCUT2D eigenvalue weighted by Gasteiger charge is -2.02. The first-order valence-electron chi connectivity index (χ1n) is 6.37. The average molecular weight is 327 g/mol. The summed E-state index contributed by atoms with van der Waals surface area (Å²) in [4.78, 5) is 0. The summed E-state index contributed by atoms with van der Waals surface area (Å²) in [5.74, 6) is 0.254. The van der Waals surface area contributed by atoms with Crippen molar-refractivity contribution in [1.29, 1.82) is 0 Å².